The molecule has 0 atom stereocenters. The average molecular weight is 346 g/mol. The van der Waals surface area contributed by atoms with E-state index in [1.165, 1.54) is 11.3 Å². The van der Waals surface area contributed by atoms with Crippen molar-refractivity contribution in [2.75, 3.05) is 6.79 Å². The number of hydrogen-bond acceptors (Lipinski definition) is 5. The Hall–Kier alpha value is -3.10. The van der Waals surface area contributed by atoms with Crippen LogP contribution in [-0.4, -0.2) is 11.8 Å². The molecule has 0 saturated carbocycles. The molecule has 5 heteroatoms. The van der Waals surface area contributed by atoms with E-state index in [1.807, 2.05) is 60.8 Å². The summed E-state index contributed by atoms with van der Waals surface area (Å²) in [4.78, 5) is 4.63. The Kier molecular flexibility index (Phi) is 3.96. The van der Waals surface area contributed by atoms with E-state index in [4.69, 9.17) is 9.47 Å². The molecule has 0 bridgehead atoms. The van der Waals surface area contributed by atoms with Crippen molar-refractivity contribution < 1.29 is 9.47 Å². The fourth-order valence-electron chi connectivity index (χ4n) is 2.65. The van der Waals surface area contributed by atoms with Gasteiger partial charge in [0.15, 0.2) is 11.5 Å². The molecule has 0 unspecified atom stereocenters. The van der Waals surface area contributed by atoms with Gasteiger partial charge < -0.3 is 9.47 Å². The highest BCUT2D eigenvalue weighted by Gasteiger charge is 2.15. The van der Waals surface area contributed by atoms with Crippen molar-refractivity contribution in [3.05, 3.63) is 64.0 Å². The number of nitriles is 1. The number of benzene rings is 2. The van der Waals surface area contributed by atoms with Crippen LogP contribution < -0.4 is 9.47 Å². The van der Waals surface area contributed by atoms with Crippen LogP contribution in [0.4, 0.5) is 0 Å². The summed E-state index contributed by atoms with van der Waals surface area (Å²) in [5.74, 6) is 1.47. The smallest absolute Gasteiger partial charge is 0.231 e. The molecule has 1 aliphatic rings. The van der Waals surface area contributed by atoms with Gasteiger partial charge in [0.25, 0.3) is 0 Å². The first-order valence-electron chi connectivity index (χ1n) is 7.77. The number of aromatic nitrogens is 1. The Balaban J connectivity index is 1.67. The standard InChI is InChI=1S/C20H14N2O2S/c1-13-3-2-4-14(7-13)8-16(10-21)20-22-17(11-25-20)15-5-6-18-19(9-15)24-12-23-18/h2-9,11H,12H2,1H3/b16-8-. The highest BCUT2D eigenvalue weighted by atomic mass is 32.1. The van der Waals surface area contributed by atoms with E-state index in [-0.39, 0.29) is 6.79 Å². The van der Waals surface area contributed by atoms with Crippen LogP contribution >= 0.6 is 11.3 Å². The van der Waals surface area contributed by atoms with Crippen molar-refractivity contribution in [3.63, 3.8) is 0 Å². The lowest BCUT2D eigenvalue weighted by Gasteiger charge is -2.00. The van der Waals surface area contributed by atoms with E-state index in [9.17, 15) is 5.26 Å². The van der Waals surface area contributed by atoms with E-state index in [0.29, 0.717) is 10.6 Å². The molecule has 0 N–H and O–H groups in total. The molecule has 3 aromatic rings. The SMILES string of the molecule is Cc1cccc(/C=C(/C#N)c2nc(-c3ccc4c(c3)OCO4)cs2)c1. The largest absolute Gasteiger partial charge is 0.454 e. The van der Waals surface area contributed by atoms with Crippen LogP contribution in [0, 0.1) is 18.3 Å². The van der Waals surface area contributed by atoms with Gasteiger partial charge in [-0.3, -0.25) is 0 Å². The second-order valence-electron chi connectivity index (χ2n) is 5.69. The zero-order valence-corrected chi connectivity index (χ0v) is 14.3. The van der Waals surface area contributed by atoms with E-state index in [1.54, 1.807) is 0 Å². The van der Waals surface area contributed by atoms with E-state index >= 15 is 0 Å². The molecule has 0 amide bonds. The lowest BCUT2D eigenvalue weighted by Crippen LogP contribution is -1.92. The third-order valence-corrected chi connectivity index (χ3v) is 4.75. The summed E-state index contributed by atoms with van der Waals surface area (Å²) in [7, 11) is 0. The normalized spacial score (nSPS) is 12.9. The van der Waals surface area contributed by atoms with Crippen molar-refractivity contribution in [3.8, 4) is 28.8 Å². The molecule has 2 aromatic carbocycles. The molecule has 25 heavy (non-hydrogen) atoms. The summed E-state index contributed by atoms with van der Waals surface area (Å²) in [5.41, 5.74) is 4.48. The molecule has 122 valence electrons. The maximum absolute atomic E-state index is 9.53. The second kappa shape index (κ2) is 6.42. The number of fused-ring (bicyclic) bond motifs is 1. The lowest BCUT2D eigenvalue weighted by molar-refractivity contribution is 0.174. The molecule has 0 fully saturated rings. The van der Waals surface area contributed by atoms with Gasteiger partial charge in [-0.25, -0.2) is 4.98 Å². The van der Waals surface area contributed by atoms with Crippen LogP contribution in [0.25, 0.3) is 22.9 Å². The molecule has 2 heterocycles. The molecule has 0 radical (unpaired) electrons. The molecule has 0 aliphatic carbocycles. The van der Waals surface area contributed by atoms with Crippen LogP contribution in [0.3, 0.4) is 0 Å². The molecule has 0 spiro atoms. The molecule has 0 saturated heterocycles. The number of hydrogen-bond donors (Lipinski definition) is 0. The van der Waals surface area contributed by atoms with Crippen molar-refractivity contribution in [2.24, 2.45) is 0 Å². The number of ether oxygens (including phenoxy) is 2. The van der Waals surface area contributed by atoms with Gasteiger partial charge in [0, 0.05) is 10.9 Å². The number of nitrogens with zero attached hydrogens (tertiary/aromatic N) is 2. The van der Waals surface area contributed by atoms with Gasteiger partial charge in [-0.05, 0) is 36.8 Å². The van der Waals surface area contributed by atoms with Crippen LogP contribution in [0.1, 0.15) is 16.1 Å². The zero-order chi connectivity index (χ0) is 17.2. The van der Waals surface area contributed by atoms with Crippen LogP contribution in [0.15, 0.2) is 47.8 Å². The van der Waals surface area contributed by atoms with Gasteiger partial charge >= 0.3 is 0 Å². The van der Waals surface area contributed by atoms with Gasteiger partial charge in [-0.1, -0.05) is 29.8 Å². The van der Waals surface area contributed by atoms with Crippen molar-refractivity contribution in [1.29, 1.82) is 5.26 Å². The average Bonchev–Trinajstić information content (AvgIpc) is 3.28. The Morgan fingerprint density at radius 3 is 2.92 bits per heavy atom. The monoisotopic (exact) mass is 346 g/mol. The minimum Gasteiger partial charge on any atom is -0.454 e. The summed E-state index contributed by atoms with van der Waals surface area (Å²) in [6, 6.07) is 16.0. The van der Waals surface area contributed by atoms with Crippen LogP contribution in [0.5, 0.6) is 11.5 Å². The van der Waals surface area contributed by atoms with E-state index < -0.39 is 0 Å². The number of thiazole rings is 1. The Labute approximate surface area is 149 Å². The van der Waals surface area contributed by atoms with Gasteiger partial charge in [0.05, 0.1) is 11.3 Å². The van der Waals surface area contributed by atoms with Gasteiger partial charge in [0.1, 0.15) is 11.1 Å². The first-order valence-corrected chi connectivity index (χ1v) is 8.65. The Morgan fingerprint density at radius 1 is 1.20 bits per heavy atom. The van der Waals surface area contributed by atoms with Gasteiger partial charge in [-0.15, -0.1) is 11.3 Å². The van der Waals surface area contributed by atoms with Gasteiger partial charge in [0.2, 0.25) is 6.79 Å². The first-order chi connectivity index (χ1) is 12.2. The lowest BCUT2D eigenvalue weighted by atomic mass is 10.1. The molecule has 1 aliphatic heterocycles. The molecule has 4 nitrogen and oxygen atoms in total. The highest BCUT2D eigenvalue weighted by molar-refractivity contribution is 7.11. The Morgan fingerprint density at radius 2 is 2.08 bits per heavy atom. The van der Waals surface area contributed by atoms with Crippen LogP contribution in [0.2, 0.25) is 0 Å². The topological polar surface area (TPSA) is 55.1 Å². The summed E-state index contributed by atoms with van der Waals surface area (Å²) in [5, 5.41) is 12.2. The highest BCUT2D eigenvalue weighted by Crippen LogP contribution is 2.36. The molecular formula is C20H14N2O2S. The number of aryl methyl sites for hydroxylation is 1. The minimum atomic E-state index is 0.249. The summed E-state index contributed by atoms with van der Waals surface area (Å²) < 4.78 is 10.7. The predicted molar refractivity (Wildman–Crippen MR) is 98.3 cm³/mol. The fraction of sp³-hybridized carbons (Fsp3) is 0.100. The van der Waals surface area contributed by atoms with Crippen LogP contribution in [-0.2, 0) is 0 Å². The quantitative estimate of drug-likeness (QED) is 0.632. The summed E-state index contributed by atoms with van der Waals surface area (Å²) >= 11 is 1.46. The predicted octanol–water partition coefficient (Wildman–Crippen LogP) is 4.91. The third kappa shape index (κ3) is 3.12. The van der Waals surface area contributed by atoms with E-state index in [2.05, 4.69) is 11.1 Å². The third-order valence-electron chi connectivity index (χ3n) is 3.88. The zero-order valence-electron chi connectivity index (χ0n) is 13.5. The Bertz CT molecular complexity index is 1010. The maximum Gasteiger partial charge on any atom is 0.231 e. The molecular weight excluding hydrogens is 332 g/mol. The fourth-order valence-corrected chi connectivity index (χ4v) is 3.45. The molecule has 1 aromatic heterocycles. The van der Waals surface area contributed by atoms with Crippen molar-refractivity contribution in [1.82, 2.24) is 4.98 Å². The summed E-state index contributed by atoms with van der Waals surface area (Å²) in [6.45, 7) is 2.28. The second-order valence-corrected chi connectivity index (χ2v) is 6.55. The van der Waals surface area contributed by atoms with Crippen molar-refractivity contribution >= 4 is 23.0 Å². The van der Waals surface area contributed by atoms with Crippen molar-refractivity contribution in [2.45, 2.75) is 6.92 Å². The van der Waals surface area contributed by atoms with Gasteiger partial charge in [-0.2, -0.15) is 5.26 Å². The minimum absolute atomic E-state index is 0.249. The number of rotatable bonds is 3. The van der Waals surface area contributed by atoms with E-state index in [0.717, 1.165) is 33.9 Å². The number of allylic oxidation sites excluding steroid dienone is 1. The molecule has 4 rings (SSSR count). The summed E-state index contributed by atoms with van der Waals surface area (Å²) in [6.07, 6.45) is 1.87. The maximum atomic E-state index is 9.53. The first kappa shape index (κ1) is 15.4.